The highest BCUT2D eigenvalue weighted by molar-refractivity contribution is 7.47. The second-order valence-corrected chi connectivity index (χ2v) is 29.2. The number of allylic oxidation sites excluding steroid dienone is 16. The number of aliphatic hydroxyl groups excluding tert-OH is 1. The van der Waals surface area contributed by atoms with Gasteiger partial charge in [-0.1, -0.05) is 253 Å². The standard InChI is InChI=1S/C81H142O17P2/c1-5-9-13-17-21-25-29-33-37-41-45-49-53-57-61-65-78(83)91-71-76(97-80(85)67-63-59-55-51-47-43-39-35-31-27-23-19-15-11-7-3)73-95-99(87,88)93-69-75(82)70-94-100(89,90)96-74-77(98-81(86)68-64-60-56-52-48-44-40-36-32-28-24-20-16-12-8-4)72-92-79(84)66-62-58-54-50-46-42-38-34-30-26-22-18-14-10-6-2/h21-28,33-40,75-77,82H,5-20,29-32,41-74H2,1-4H3,(H,87,88)(H,89,90)/t75?,76-,77-/m1/s1. The summed E-state index contributed by atoms with van der Waals surface area (Å²) in [6, 6.07) is 0. The number of phosphoric ester groups is 2. The van der Waals surface area contributed by atoms with Crippen molar-refractivity contribution in [2.75, 3.05) is 39.6 Å². The molecular formula is C81H142O17P2. The van der Waals surface area contributed by atoms with E-state index in [2.05, 4.69) is 125 Å². The lowest BCUT2D eigenvalue weighted by Gasteiger charge is -2.21. The largest absolute Gasteiger partial charge is 0.472 e. The van der Waals surface area contributed by atoms with Gasteiger partial charge in [0.2, 0.25) is 0 Å². The highest BCUT2D eigenvalue weighted by atomic mass is 31.2. The van der Waals surface area contributed by atoms with E-state index >= 15 is 0 Å². The highest BCUT2D eigenvalue weighted by Gasteiger charge is 2.30. The van der Waals surface area contributed by atoms with E-state index in [0.29, 0.717) is 25.7 Å². The summed E-state index contributed by atoms with van der Waals surface area (Å²) in [5.41, 5.74) is 0. The zero-order valence-corrected chi connectivity index (χ0v) is 64.9. The molecule has 578 valence electrons. The number of carbonyl (C=O) groups is 4. The SMILES string of the molecule is CCCCCC=CCC=CCCCCCCCC(=O)OC[C@H](COP(=O)(O)OCC(O)COP(=O)(O)OC[C@@H](COC(=O)CCCCCCCC=CCC=CCCCCC)OC(=O)CCCCCCCC=CCC=CCCCCC)OC(=O)CCCCCCCC=CCC=CCCCCC. The second-order valence-electron chi connectivity index (χ2n) is 26.3. The molecule has 17 nitrogen and oxygen atoms in total. The average Bonchev–Trinajstić information content (AvgIpc) is 1.01. The van der Waals surface area contributed by atoms with Crippen LogP contribution in [0.1, 0.15) is 336 Å². The van der Waals surface area contributed by atoms with Crippen LogP contribution in [0, 0.1) is 0 Å². The molecule has 19 heteroatoms. The number of carbonyl (C=O) groups excluding carboxylic acids is 4. The zero-order chi connectivity index (χ0) is 73.2. The number of ether oxygens (including phenoxy) is 4. The van der Waals surface area contributed by atoms with Gasteiger partial charge < -0.3 is 33.8 Å². The Morgan fingerprint density at radius 3 is 0.740 bits per heavy atom. The average molecular weight is 1450 g/mol. The third kappa shape index (κ3) is 72.3. The number of aliphatic hydroxyl groups is 1. The van der Waals surface area contributed by atoms with Gasteiger partial charge in [-0.15, -0.1) is 0 Å². The molecule has 0 saturated heterocycles. The molecule has 0 bridgehead atoms. The normalized spacial score (nSPS) is 14.4. The molecule has 0 fully saturated rings. The third-order valence-electron chi connectivity index (χ3n) is 16.5. The minimum atomic E-state index is -4.98. The van der Waals surface area contributed by atoms with Gasteiger partial charge in [-0.05, 0) is 154 Å². The Kier molecular flexibility index (Phi) is 70.4. The van der Waals surface area contributed by atoms with Crippen molar-refractivity contribution in [3.63, 3.8) is 0 Å². The van der Waals surface area contributed by atoms with E-state index < -0.39 is 97.5 Å². The van der Waals surface area contributed by atoms with Crippen molar-refractivity contribution in [3.05, 3.63) is 97.2 Å². The molecule has 0 aromatic rings. The van der Waals surface area contributed by atoms with Crippen LogP contribution in [-0.2, 0) is 65.4 Å². The van der Waals surface area contributed by atoms with E-state index in [4.69, 9.17) is 37.0 Å². The molecule has 2 unspecified atom stereocenters. The van der Waals surface area contributed by atoms with Crippen molar-refractivity contribution < 1.29 is 80.2 Å². The Bertz CT molecular complexity index is 2120. The Hall–Kier alpha value is -4.02. The van der Waals surface area contributed by atoms with E-state index in [-0.39, 0.29) is 25.7 Å². The highest BCUT2D eigenvalue weighted by Crippen LogP contribution is 2.45. The number of hydrogen-bond donors (Lipinski definition) is 3. The van der Waals surface area contributed by atoms with Crippen molar-refractivity contribution in [2.24, 2.45) is 0 Å². The molecule has 0 aromatic carbocycles. The maximum Gasteiger partial charge on any atom is 0.472 e. The predicted molar refractivity (Wildman–Crippen MR) is 409 cm³/mol. The van der Waals surface area contributed by atoms with Gasteiger partial charge in [-0.3, -0.25) is 37.3 Å². The Labute approximate surface area is 607 Å². The first-order valence-corrected chi connectivity index (χ1v) is 42.5. The molecule has 4 atom stereocenters. The molecule has 0 heterocycles. The summed E-state index contributed by atoms with van der Waals surface area (Å²) in [6.45, 7) is 4.74. The van der Waals surface area contributed by atoms with Gasteiger partial charge in [0.15, 0.2) is 12.2 Å². The number of hydrogen-bond acceptors (Lipinski definition) is 15. The van der Waals surface area contributed by atoms with Gasteiger partial charge in [0.25, 0.3) is 0 Å². The van der Waals surface area contributed by atoms with E-state index in [0.717, 1.165) is 180 Å². The summed E-state index contributed by atoms with van der Waals surface area (Å²) in [5.74, 6) is -2.22. The maximum atomic E-state index is 13.1. The molecule has 0 aliphatic rings. The van der Waals surface area contributed by atoms with Gasteiger partial charge in [0.05, 0.1) is 26.4 Å². The molecular weight excluding hydrogens is 1310 g/mol. The number of phosphoric acid groups is 2. The lowest BCUT2D eigenvalue weighted by atomic mass is 10.1. The number of unbranched alkanes of at least 4 members (excludes halogenated alkanes) is 32. The van der Waals surface area contributed by atoms with Crippen LogP contribution in [0.4, 0.5) is 0 Å². The Balaban J connectivity index is 5.40. The molecule has 100 heavy (non-hydrogen) atoms. The van der Waals surface area contributed by atoms with Crippen LogP contribution < -0.4 is 0 Å². The molecule has 3 N–H and O–H groups in total. The van der Waals surface area contributed by atoms with Crippen LogP contribution in [0.2, 0.25) is 0 Å². The van der Waals surface area contributed by atoms with Crippen molar-refractivity contribution in [1.82, 2.24) is 0 Å². The van der Waals surface area contributed by atoms with Crippen LogP contribution in [0.15, 0.2) is 97.2 Å². The summed E-state index contributed by atoms with van der Waals surface area (Å²) in [6.07, 6.45) is 76.6. The molecule has 0 aliphatic heterocycles. The fourth-order valence-corrected chi connectivity index (χ4v) is 12.0. The van der Waals surface area contributed by atoms with Gasteiger partial charge >= 0.3 is 39.5 Å². The smallest absolute Gasteiger partial charge is 0.462 e. The maximum absolute atomic E-state index is 13.1. The quantitative estimate of drug-likeness (QED) is 0.0169. The van der Waals surface area contributed by atoms with Crippen LogP contribution >= 0.6 is 15.6 Å². The van der Waals surface area contributed by atoms with E-state index in [1.165, 1.54) is 77.0 Å². The van der Waals surface area contributed by atoms with Crippen LogP contribution in [-0.4, -0.2) is 96.7 Å². The van der Waals surface area contributed by atoms with Crippen LogP contribution in [0.3, 0.4) is 0 Å². The molecule has 0 saturated carbocycles. The van der Waals surface area contributed by atoms with Crippen molar-refractivity contribution in [2.45, 2.75) is 354 Å². The van der Waals surface area contributed by atoms with Crippen LogP contribution in [0.5, 0.6) is 0 Å². The Morgan fingerprint density at radius 2 is 0.490 bits per heavy atom. The summed E-state index contributed by atoms with van der Waals surface area (Å²) in [5, 5.41) is 10.6. The van der Waals surface area contributed by atoms with Crippen molar-refractivity contribution in [1.29, 1.82) is 0 Å². The number of rotatable bonds is 74. The zero-order valence-electron chi connectivity index (χ0n) is 63.1. The molecule has 0 amide bonds. The fourth-order valence-electron chi connectivity index (χ4n) is 10.4. The summed E-state index contributed by atoms with van der Waals surface area (Å²) in [4.78, 5) is 72.9. The first kappa shape index (κ1) is 96.0. The van der Waals surface area contributed by atoms with Gasteiger partial charge in [0.1, 0.15) is 19.3 Å². The van der Waals surface area contributed by atoms with E-state index in [1.807, 2.05) is 0 Å². The third-order valence-corrected chi connectivity index (χ3v) is 18.4. The van der Waals surface area contributed by atoms with Crippen LogP contribution in [0.25, 0.3) is 0 Å². The van der Waals surface area contributed by atoms with Gasteiger partial charge in [0, 0.05) is 25.7 Å². The second kappa shape index (κ2) is 73.3. The molecule has 0 aromatic heterocycles. The summed E-state index contributed by atoms with van der Waals surface area (Å²) in [7, 11) is -9.97. The minimum Gasteiger partial charge on any atom is -0.462 e. The predicted octanol–water partition coefficient (Wildman–Crippen LogP) is 22.8. The van der Waals surface area contributed by atoms with Gasteiger partial charge in [-0.25, -0.2) is 9.13 Å². The topological polar surface area (TPSA) is 237 Å². The number of esters is 4. The molecule has 0 aliphatic carbocycles. The van der Waals surface area contributed by atoms with Gasteiger partial charge in [-0.2, -0.15) is 0 Å². The first-order chi connectivity index (χ1) is 48.7. The van der Waals surface area contributed by atoms with Crippen molar-refractivity contribution >= 4 is 39.5 Å². The van der Waals surface area contributed by atoms with Crippen molar-refractivity contribution in [3.8, 4) is 0 Å². The molecule has 0 spiro atoms. The first-order valence-electron chi connectivity index (χ1n) is 39.5. The van der Waals surface area contributed by atoms with E-state index in [9.17, 15) is 43.2 Å². The summed E-state index contributed by atoms with van der Waals surface area (Å²) < 4.78 is 68.5. The Morgan fingerprint density at radius 1 is 0.280 bits per heavy atom. The lowest BCUT2D eigenvalue weighted by molar-refractivity contribution is -0.161. The lowest BCUT2D eigenvalue weighted by Crippen LogP contribution is -2.30. The fraction of sp³-hybridized carbons (Fsp3) is 0.753. The summed E-state index contributed by atoms with van der Waals surface area (Å²) >= 11 is 0. The monoisotopic (exact) mass is 1450 g/mol. The minimum absolute atomic E-state index is 0.0756. The molecule has 0 radical (unpaired) electrons. The molecule has 0 rings (SSSR count). The van der Waals surface area contributed by atoms with E-state index in [1.54, 1.807) is 0 Å².